The highest BCUT2D eigenvalue weighted by molar-refractivity contribution is 5.39. The molecule has 0 bridgehead atoms. The van der Waals surface area contributed by atoms with E-state index in [4.69, 9.17) is 10.00 Å². The van der Waals surface area contributed by atoms with Gasteiger partial charge in [-0.1, -0.05) is 13.8 Å². The molecule has 1 saturated carbocycles. The second kappa shape index (κ2) is 5.39. The molecule has 0 aromatic carbocycles. The lowest BCUT2D eigenvalue weighted by Gasteiger charge is -2.58. The van der Waals surface area contributed by atoms with Crippen LogP contribution in [0.4, 0.5) is 5.82 Å². The maximum Gasteiger partial charge on any atom is 0.126 e. The van der Waals surface area contributed by atoms with Gasteiger partial charge in [-0.3, -0.25) is 0 Å². The van der Waals surface area contributed by atoms with Gasteiger partial charge in [-0.05, 0) is 19.1 Å². The molecule has 1 fully saturated rings. The Hall–Kier alpha value is -1.64. The first-order valence-corrected chi connectivity index (χ1v) is 6.87. The highest BCUT2D eigenvalue weighted by atomic mass is 16.5. The van der Waals surface area contributed by atoms with Gasteiger partial charge in [-0.25, -0.2) is 4.98 Å². The monoisotopic (exact) mass is 275 g/mol. The molecule has 1 aliphatic rings. The number of nitrogens with one attached hydrogen (secondary N) is 1. The molecule has 1 aliphatic carbocycles. The van der Waals surface area contributed by atoms with Gasteiger partial charge in [0, 0.05) is 31.2 Å². The van der Waals surface area contributed by atoms with Gasteiger partial charge in [-0.2, -0.15) is 5.26 Å². The third-order valence-corrected chi connectivity index (χ3v) is 4.35. The van der Waals surface area contributed by atoms with Gasteiger partial charge >= 0.3 is 0 Å². The minimum absolute atomic E-state index is 0.0909. The van der Waals surface area contributed by atoms with E-state index in [1.54, 1.807) is 12.1 Å². The van der Waals surface area contributed by atoms with Crippen LogP contribution in [0.15, 0.2) is 18.3 Å². The summed E-state index contributed by atoms with van der Waals surface area (Å²) in [4.78, 5) is 4.14. The summed E-state index contributed by atoms with van der Waals surface area (Å²) in [5.74, 6) is 0.660. The summed E-state index contributed by atoms with van der Waals surface area (Å²) >= 11 is 0. The molecule has 0 spiro atoms. The molecule has 1 aromatic rings. The fraction of sp³-hybridized carbons (Fsp3) is 0.600. The van der Waals surface area contributed by atoms with Crippen molar-refractivity contribution in [3.8, 4) is 6.07 Å². The van der Waals surface area contributed by atoms with E-state index in [-0.39, 0.29) is 11.5 Å². The summed E-state index contributed by atoms with van der Waals surface area (Å²) in [5.41, 5.74) is -0.569. The van der Waals surface area contributed by atoms with Crippen LogP contribution in [-0.4, -0.2) is 34.9 Å². The predicted molar refractivity (Wildman–Crippen MR) is 76.2 cm³/mol. The van der Waals surface area contributed by atoms with Crippen LogP contribution in [0.5, 0.6) is 0 Å². The van der Waals surface area contributed by atoms with Gasteiger partial charge in [0.1, 0.15) is 11.9 Å². The molecule has 2 atom stereocenters. The van der Waals surface area contributed by atoms with Crippen molar-refractivity contribution in [1.29, 1.82) is 5.26 Å². The average Bonchev–Trinajstić information content (AvgIpc) is 2.45. The molecule has 0 aliphatic heterocycles. The lowest BCUT2D eigenvalue weighted by molar-refractivity contribution is -0.233. The Balaban J connectivity index is 1.95. The molecule has 0 radical (unpaired) electrons. The third-order valence-electron chi connectivity index (χ3n) is 4.35. The molecular weight excluding hydrogens is 254 g/mol. The number of ether oxygens (including phenoxy) is 1. The highest BCUT2D eigenvalue weighted by Crippen LogP contribution is 2.51. The Bertz CT molecular complexity index is 507. The number of nitriles is 1. The number of hydrogen-bond acceptors (Lipinski definition) is 5. The molecule has 0 unspecified atom stereocenters. The van der Waals surface area contributed by atoms with Crippen molar-refractivity contribution in [3.05, 3.63) is 23.9 Å². The minimum atomic E-state index is -0.803. The number of rotatable bonds is 5. The Morgan fingerprint density at radius 3 is 2.80 bits per heavy atom. The largest absolute Gasteiger partial charge is 0.387 e. The fourth-order valence-electron chi connectivity index (χ4n) is 2.56. The molecule has 1 aromatic heterocycles. The number of anilines is 1. The van der Waals surface area contributed by atoms with E-state index in [0.29, 0.717) is 31.0 Å². The number of hydrogen-bond donors (Lipinski definition) is 2. The van der Waals surface area contributed by atoms with E-state index >= 15 is 0 Å². The summed E-state index contributed by atoms with van der Waals surface area (Å²) < 4.78 is 5.63. The van der Waals surface area contributed by atoms with Crippen LogP contribution < -0.4 is 5.32 Å². The maximum absolute atomic E-state index is 10.7. The van der Waals surface area contributed by atoms with Gasteiger partial charge in [0.25, 0.3) is 0 Å². The number of aliphatic hydroxyl groups is 1. The third kappa shape index (κ3) is 2.49. The first kappa shape index (κ1) is 14.8. The summed E-state index contributed by atoms with van der Waals surface area (Å²) in [6.07, 6.45) is 2.23. The molecule has 2 N–H and O–H groups in total. The van der Waals surface area contributed by atoms with Crippen LogP contribution in [0.3, 0.4) is 0 Å². The van der Waals surface area contributed by atoms with Crippen LogP contribution in [0.2, 0.25) is 0 Å². The smallest absolute Gasteiger partial charge is 0.126 e. The predicted octanol–water partition coefficient (Wildman–Crippen LogP) is 1.93. The average molecular weight is 275 g/mol. The first-order valence-electron chi connectivity index (χ1n) is 6.87. The van der Waals surface area contributed by atoms with E-state index < -0.39 is 5.60 Å². The molecule has 1 heterocycles. The van der Waals surface area contributed by atoms with Crippen LogP contribution in [0.1, 0.15) is 32.8 Å². The van der Waals surface area contributed by atoms with Gasteiger partial charge in [0.15, 0.2) is 0 Å². The zero-order valence-electron chi connectivity index (χ0n) is 12.2. The van der Waals surface area contributed by atoms with Gasteiger partial charge in [0.05, 0.1) is 17.3 Å². The molecule has 20 heavy (non-hydrogen) atoms. The molecule has 5 heteroatoms. The van der Waals surface area contributed by atoms with E-state index in [0.717, 1.165) is 0 Å². The summed E-state index contributed by atoms with van der Waals surface area (Å²) in [5, 5.41) is 22.5. The topological polar surface area (TPSA) is 78.2 Å². The molecule has 0 saturated heterocycles. The van der Waals surface area contributed by atoms with Crippen LogP contribution in [0.25, 0.3) is 0 Å². The molecule has 108 valence electrons. The SMILES string of the molecule is CCO[C@H]1C[C@@](O)(CNc2ccc(C#N)cn2)C1(C)C. The van der Waals surface area contributed by atoms with Crippen molar-refractivity contribution >= 4 is 5.82 Å². The van der Waals surface area contributed by atoms with Crippen molar-refractivity contribution in [2.45, 2.75) is 38.9 Å². The van der Waals surface area contributed by atoms with E-state index in [1.165, 1.54) is 6.20 Å². The Morgan fingerprint density at radius 1 is 1.55 bits per heavy atom. The minimum Gasteiger partial charge on any atom is -0.387 e. The summed E-state index contributed by atoms with van der Waals surface area (Å²) in [7, 11) is 0. The molecule has 2 rings (SSSR count). The maximum atomic E-state index is 10.7. The van der Waals surface area contributed by atoms with Gasteiger partial charge in [-0.15, -0.1) is 0 Å². The second-order valence-corrected chi connectivity index (χ2v) is 5.80. The zero-order chi connectivity index (χ0) is 14.8. The lowest BCUT2D eigenvalue weighted by atomic mass is 9.56. The van der Waals surface area contributed by atoms with E-state index in [1.807, 2.05) is 26.8 Å². The van der Waals surface area contributed by atoms with Crippen LogP contribution in [0, 0.1) is 16.7 Å². The normalized spacial score (nSPS) is 27.4. The van der Waals surface area contributed by atoms with Crippen LogP contribution >= 0.6 is 0 Å². The first-order chi connectivity index (χ1) is 9.43. The lowest BCUT2D eigenvalue weighted by Crippen LogP contribution is -2.67. The number of pyridine rings is 1. The quantitative estimate of drug-likeness (QED) is 0.858. The molecular formula is C15H21N3O2. The van der Waals surface area contributed by atoms with Gasteiger partial charge in [0.2, 0.25) is 0 Å². The van der Waals surface area contributed by atoms with Crippen molar-refractivity contribution in [2.24, 2.45) is 5.41 Å². The van der Waals surface area contributed by atoms with Crippen molar-refractivity contribution in [1.82, 2.24) is 4.98 Å². The Labute approximate surface area is 119 Å². The number of nitrogens with zero attached hydrogens (tertiary/aromatic N) is 2. The van der Waals surface area contributed by atoms with Gasteiger partial charge < -0.3 is 15.2 Å². The van der Waals surface area contributed by atoms with Crippen molar-refractivity contribution in [2.75, 3.05) is 18.5 Å². The van der Waals surface area contributed by atoms with Crippen LogP contribution in [-0.2, 0) is 4.74 Å². The zero-order valence-corrected chi connectivity index (χ0v) is 12.2. The standard InChI is InChI=1S/C15H21N3O2/c1-4-20-12-7-15(19,14(12,2)3)10-18-13-6-5-11(8-16)9-17-13/h5-6,9,12,19H,4,7,10H2,1-3H3,(H,17,18)/t12-,15+/m0/s1. The van der Waals surface area contributed by atoms with E-state index in [2.05, 4.69) is 10.3 Å². The summed E-state index contributed by atoms with van der Waals surface area (Å²) in [6.45, 7) is 7.08. The fourth-order valence-corrected chi connectivity index (χ4v) is 2.56. The van der Waals surface area contributed by atoms with Crippen molar-refractivity contribution < 1.29 is 9.84 Å². The summed E-state index contributed by atoms with van der Waals surface area (Å²) in [6, 6.07) is 5.47. The van der Waals surface area contributed by atoms with Crippen molar-refractivity contribution in [3.63, 3.8) is 0 Å². The number of aromatic nitrogens is 1. The Morgan fingerprint density at radius 2 is 2.30 bits per heavy atom. The second-order valence-electron chi connectivity index (χ2n) is 5.80. The highest BCUT2D eigenvalue weighted by Gasteiger charge is 2.59. The Kier molecular flexibility index (Phi) is 3.98. The van der Waals surface area contributed by atoms with E-state index in [9.17, 15) is 5.11 Å². The molecule has 5 nitrogen and oxygen atoms in total. The molecule has 0 amide bonds.